The van der Waals surface area contributed by atoms with E-state index in [0.717, 1.165) is 25.1 Å². The lowest BCUT2D eigenvalue weighted by Crippen LogP contribution is -2.51. The van der Waals surface area contributed by atoms with Crippen molar-refractivity contribution in [2.24, 2.45) is 0 Å². The molecule has 156 valence electrons. The molecule has 3 rings (SSSR count). The van der Waals surface area contributed by atoms with E-state index in [1.54, 1.807) is 6.08 Å². The summed E-state index contributed by atoms with van der Waals surface area (Å²) in [5, 5.41) is 4.13. The Bertz CT molecular complexity index is 810. The number of rotatable bonds is 8. The zero-order valence-electron chi connectivity index (χ0n) is 17.5. The molecule has 1 amide bonds. The molecular weight excluding hydrogens is 368 g/mol. The molecule has 1 aliphatic heterocycles. The summed E-state index contributed by atoms with van der Waals surface area (Å²) in [5.74, 6) is 1.24. The summed E-state index contributed by atoms with van der Waals surface area (Å²) in [7, 11) is 0. The van der Waals surface area contributed by atoms with E-state index in [-0.39, 0.29) is 11.9 Å². The third-order valence-electron chi connectivity index (χ3n) is 5.32. The Morgan fingerprint density at radius 1 is 1.24 bits per heavy atom. The van der Waals surface area contributed by atoms with Crippen LogP contribution in [0.2, 0.25) is 0 Å². The van der Waals surface area contributed by atoms with Crippen molar-refractivity contribution in [3.8, 4) is 11.4 Å². The van der Waals surface area contributed by atoms with Crippen LogP contribution in [0.25, 0.3) is 11.4 Å². The first-order chi connectivity index (χ1) is 14.0. The molecule has 1 aromatic heterocycles. The van der Waals surface area contributed by atoms with Gasteiger partial charge in [0.15, 0.2) is 0 Å². The quantitative estimate of drug-likeness (QED) is 0.502. The molecule has 2 unspecified atom stereocenters. The molecule has 0 spiro atoms. The van der Waals surface area contributed by atoms with Gasteiger partial charge in [0, 0.05) is 31.7 Å². The molecule has 7 heteroatoms. The van der Waals surface area contributed by atoms with Gasteiger partial charge in [-0.1, -0.05) is 41.1 Å². The van der Waals surface area contributed by atoms with Crippen LogP contribution in [-0.2, 0) is 9.53 Å². The number of piperazine rings is 1. The highest BCUT2D eigenvalue weighted by molar-refractivity contribution is 5.80. The third kappa shape index (κ3) is 5.31. The monoisotopic (exact) mass is 398 g/mol. The molecule has 2 atom stereocenters. The van der Waals surface area contributed by atoms with Gasteiger partial charge in [0.05, 0.1) is 12.6 Å². The zero-order valence-corrected chi connectivity index (χ0v) is 17.5. The summed E-state index contributed by atoms with van der Waals surface area (Å²) in [5.41, 5.74) is 2.14. The van der Waals surface area contributed by atoms with Crippen molar-refractivity contribution in [3.63, 3.8) is 0 Å². The maximum absolute atomic E-state index is 12.5. The molecule has 0 radical (unpaired) electrons. The maximum Gasteiger partial charge on any atom is 0.251 e. The van der Waals surface area contributed by atoms with E-state index in [2.05, 4.69) is 28.5 Å². The Kier molecular flexibility index (Phi) is 7.17. The van der Waals surface area contributed by atoms with Crippen LogP contribution in [0.15, 0.2) is 41.4 Å². The van der Waals surface area contributed by atoms with Crippen molar-refractivity contribution in [2.45, 2.75) is 39.3 Å². The van der Waals surface area contributed by atoms with Gasteiger partial charge in [-0.05, 0) is 27.2 Å². The summed E-state index contributed by atoms with van der Waals surface area (Å²) >= 11 is 0. The van der Waals surface area contributed by atoms with Crippen LogP contribution in [0, 0.1) is 6.92 Å². The predicted molar refractivity (Wildman–Crippen MR) is 111 cm³/mol. The van der Waals surface area contributed by atoms with E-state index < -0.39 is 6.10 Å². The van der Waals surface area contributed by atoms with Crippen LogP contribution in [0.3, 0.4) is 0 Å². The summed E-state index contributed by atoms with van der Waals surface area (Å²) in [6.45, 7) is 13.0. The predicted octanol–water partition coefficient (Wildman–Crippen LogP) is 3.23. The fourth-order valence-electron chi connectivity index (χ4n) is 3.37. The van der Waals surface area contributed by atoms with E-state index in [4.69, 9.17) is 9.26 Å². The summed E-state index contributed by atoms with van der Waals surface area (Å²) in [6.07, 6.45) is 2.11. The first-order valence-corrected chi connectivity index (χ1v) is 10.2. The van der Waals surface area contributed by atoms with Gasteiger partial charge in [-0.2, -0.15) is 4.98 Å². The maximum atomic E-state index is 12.5. The fourth-order valence-corrected chi connectivity index (χ4v) is 3.37. The van der Waals surface area contributed by atoms with Crippen LogP contribution in [0.5, 0.6) is 0 Å². The van der Waals surface area contributed by atoms with Gasteiger partial charge < -0.3 is 14.2 Å². The second kappa shape index (κ2) is 9.80. The van der Waals surface area contributed by atoms with Gasteiger partial charge in [-0.3, -0.25) is 9.69 Å². The lowest BCUT2D eigenvalue weighted by atomic mass is 10.1. The molecule has 0 saturated carbocycles. The van der Waals surface area contributed by atoms with Crippen LogP contribution >= 0.6 is 0 Å². The number of carbonyl (C=O) groups excluding carboxylic acids is 1. The lowest BCUT2D eigenvalue weighted by Gasteiger charge is -2.37. The molecule has 0 bridgehead atoms. The Labute approximate surface area is 172 Å². The molecule has 2 aromatic rings. The third-order valence-corrected chi connectivity index (χ3v) is 5.32. The fraction of sp³-hybridized carbons (Fsp3) is 0.500. The second-order valence-electron chi connectivity index (χ2n) is 7.45. The van der Waals surface area contributed by atoms with Crippen molar-refractivity contribution in [2.75, 3.05) is 32.8 Å². The van der Waals surface area contributed by atoms with Crippen LogP contribution in [0.1, 0.15) is 37.8 Å². The molecule has 1 fully saturated rings. The van der Waals surface area contributed by atoms with Crippen LogP contribution < -0.4 is 0 Å². The number of hydrogen-bond donors (Lipinski definition) is 0. The summed E-state index contributed by atoms with van der Waals surface area (Å²) < 4.78 is 11.1. The largest absolute Gasteiger partial charge is 0.368 e. The minimum Gasteiger partial charge on any atom is -0.368 e. The average Bonchev–Trinajstić information content (AvgIpc) is 3.23. The first kappa shape index (κ1) is 21.2. The normalized spacial score (nSPS) is 17.1. The van der Waals surface area contributed by atoms with Crippen molar-refractivity contribution < 1.29 is 14.1 Å². The van der Waals surface area contributed by atoms with E-state index >= 15 is 0 Å². The van der Waals surface area contributed by atoms with Crippen molar-refractivity contribution in [3.05, 3.63) is 48.4 Å². The molecule has 0 aliphatic carbocycles. The summed E-state index contributed by atoms with van der Waals surface area (Å²) in [4.78, 5) is 21.3. The van der Waals surface area contributed by atoms with Crippen molar-refractivity contribution in [1.29, 1.82) is 0 Å². The van der Waals surface area contributed by atoms with Crippen LogP contribution in [0.4, 0.5) is 0 Å². The van der Waals surface area contributed by atoms with E-state index in [0.29, 0.717) is 31.4 Å². The molecule has 1 aromatic carbocycles. The van der Waals surface area contributed by atoms with Crippen LogP contribution in [-0.4, -0.2) is 64.7 Å². The number of ether oxygens (including phenoxy) is 1. The minimum atomic E-state index is -0.424. The number of benzene rings is 1. The Balaban J connectivity index is 1.53. The van der Waals surface area contributed by atoms with E-state index in [1.165, 1.54) is 5.56 Å². The van der Waals surface area contributed by atoms with Gasteiger partial charge in [0.1, 0.15) is 6.10 Å². The lowest BCUT2D eigenvalue weighted by molar-refractivity contribution is -0.144. The second-order valence-corrected chi connectivity index (χ2v) is 7.45. The van der Waals surface area contributed by atoms with Gasteiger partial charge in [-0.15, -0.1) is 6.58 Å². The zero-order chi connectivity index (χ0) is 20.8. The SMILES string of the molecule is C=CCCOC(C)C(=O)N1CCN(C(C)c2nc(-c3ccc(C)cc3)no2)CC1. The standard InChI is InChI=1S/C22H30N4O3/c1-5-6-15-28-18(4)22(27)26-13-11-25(12-14-26)17(3)21-23-20(24-29-21)19-9-7-16(2)8-10-19/h5,7-10,17-18H,1,6,11-15H2,2-4H3. The Morgan fingerprint density at radius 2 is 1.93 bits per heavy atom. The average molecular weight is 399 g/mol. The minimum absolute atomic E-state index is 0.000199. The highest BCUT2D eigenvalue weighted by Gasteiger charge is 2.29. The van der Waals surface area contributed by atoms with Gasteiger partial charge >= 0.3 is 0 Å². The van der Waals surface area contributed by atoms with Crippen molar-refractivity contribution >= 4 is 5.91 Å². The molecule has 0 N–H and O–H groups in total. The molecule has 29 heavy (non-hydrogen) atoms. The van der Waals surface area contributed by atoms with Gasteiger partial charge in [0.25, 0.3) is 5.91 Å². The van der Waals surface area contributed by atoms with Gasteiger partial charge in [-0.25, -0.2) is 0 Å². The number of carbonyl (C=O) groups is 1. The number of hydrogen-bond acceptors (Lipinski definition) is 6. The summed E-state index contributed by atoms with van der Waals surface area (Å²) in [6, 6.07) is 8.06. The number of nitrogens with zero attached hydrogens (tertiary/aromatic N) is 4. The highest BCUT2D eigenvalue weighted by Crippen LogP contribution is 2.24. The molecular formula is C22H30N4O3. The Hall–Kier alpha value is -2.51. The van der Waals surface area contributed by atoms with Crippen molar-refractivity contribution in [1.82, 2.24) is 19.9 Å². The molecule has 2 heterocycles. The number of aryl methyl sites for hydroxylation is 1. The Morgan fingerprint density at radius 3 is 2.59 bits per heavy atom. The topological polar surface area (TPSA) is 71.7 Å². The number of amides is 1. The van der Waals surface area contributed by atoms with Gasteiger partial charge in [0.2, 0.25) is 11.7 Å². The molecule has 1 aliphatic rings. The highest BCUT2D eigenvalue weighted by atomic mass is 16.5. The molecule has 1 saturated heterocycles. The molecule has 7 nitrogen and oxygen atoms in total. The first-order valence-electron chi connectivity index (χ1n) is 10.2. The smallest absolute Gasteiger partial charge is 0.251 e. The van der Waals surface area contributed by atoms with E-state index in [9.17, 15) is 4.79 Å². The number of aromatic nitrogens is 2. The van der Waals surface area contributed by atoms with E-state index in [1.807, 2.05) is 43.0 Å².